The number of carboxylic acid groups (broad SMARTS) is 1. The second-order valence-corrected chi connectivity index (χ2v) is 14.6. The first-order valence-corrected chi connectivity index (χ1v) is 18.2. The zero-order valence-electron chi connectivity index (χ0n) is 31.3. The van der Waals surface area contributed by atoms with E-state index in [-0.39, 0.29) is 38.1 Å². The minimum Gasteiger partial charge on any atom is -0.509 e. The molecule has 2 amide bonds. The van der Waals surface area contributed by atoms with Crippen LogP contribution in [-0.2, 0) is 20.9 Å². The van der Waals surface area contributed by atoms with Crippen molar-refractivity contribution < 1.29 is 69.2 Å². The van der Waals surface area contributed by atoms with Crippen LogP contribution in [0.5, 0.6) is 5.75 Å². The number of allylic oxidation sites excluding steroid dienone is 1. The van der Waals surface area contributed by atoms with Crippen LogP contribution in [0.3, 0.4) is 0 Å². The Bertz CT molecular complexity index is 1810. The fourth-order valence-electron chi connectivity index (χ4n) is 7.88. The van der Waals surface area contributed by atoms with Gasteiger partial charge in [-0.25, -0.2) is 14.2 Å². The van der Waals surface area contributed by atoms with Gasteiger partial charge in [-0.2, -0.15) is 30.7 Å². The van der Waals surface area contributed by atoms with Crippen molar-refractivity contribution in [3.8, 4) is 5.75 Å². The lowest BCUT2D eigenvalue weighted by Gasteiger charge is -2.48. The molecule has 3 unspecified atom stereocenters. The second kappa shape index (κ2) is 17.2. The van der Waals surface area contributed by atoms with E-state index in [1.54, 1.807) is 11.9 Å². The number of likely N-dealkylation sites (N-methyl/N-ethyl adjacent to an activating group) is 2. The number of amides is 2. The van der Waals surface area contributed by atoms with Crippen LogP contribution in [0.1, 0.15) is 60.9 Å². The van der Waals surface area contributed by atoms with Gasteiger partial charge in [0.15, 0.2) is 11.6 Å². The topological polar surface area (TPSA) is 156 Å². The zero-order valence-corrected chi connectivity index (χ0v) is 31.3. The molecule has 57 heavy (non-hydrogen) atoms. The molecule has 4 aliphatic rings. The fraction of sp³-hybridized carbons (Fsp3) is 0.611. The van der Waals surface area contributed by atoms with Gasteiger partial charge in [0, 0.05) is 50.5 Å². The summed E-state index contributed by atoms with van der Waals surface area (Å²) in [5.74, 6) is -12.2. The van der Waals surface area contributed by atoms with Crippen LogP contribution in [-0.4, -0.2) is 127 Å². The number of nitrogens with zero attached hydrogens (tertiary/aromatic N) is 4. The van der Waals surface area contributed by atoms with Crippen molar-refractivity contribution in [3.05, 3.63) is 51.9 Å². The number of carbonyl (C=O) groups excluding carboxylic acids is 2. The SMILES string of the molecule is COCCN(C)CCOc1c(C(=O)O)cc(CN2C(=O)C(C(=O)NC3CCC(C(F)(F)F)CC3C3=CC(C(F)(F)F)=NCN3)=C(O)C3(CCCC3)N2C)c(F)c1F. The lowest BCUT2D eigenvalue weighted by molar-refractivity contribution is -0.186. The molecule has 3 atom stereocenters. The third kappa shape index (κ3) is 9.14. The lowest BCUT2D eigenvalue weighted by atomic mass is 9.75. The molecule has 2 saturated carbocycles. The van der Waals surface area contributed by atoms with E-state index in [0.717, 1.165) is 11.1 Å². The van der Waals surface area contributed by atoms with Crippen molar-refractivity contribution >= 4 is 23.5 Å². The predicted molar refractivity (Wildman–Crippen MR) is 186 cm³/mol. The number of alkyl halides is 6. The predicted octanol–water partition coefficient (Wildman–Crippen LogP) is 4.85. The molecule has 1 spiro atoms. The van der Waals surface area contributed by atoms with Gasteiger partial charge in [-0.05, 0) is 51.3 Å². The molecule has 316 valence electrons. The standard InChI is InChI=1S/C36H44F8N6O7/c1-48(10-12-56-3)11-13-57-29-22(33(54)55)14-19(27(37)28(29)38)17-50-32(53)26(30(51)34(49(50)2)8-4-5-9-34)31(52)47-23-7-6-20(35(39,40)41)15-21(23)24-16-25(36(42,43)44)46-18-45-24/h14,16,20-21,23,45,51H,4-13,15,17-18H2,1-3H3,(H,47,52)(H,54,55). The first kappa shape index (κ1) is 43.6. The highest BCUT2D eigenvalue weighted by Gasteiger charge is 2.54. The summed E-state index contributed by atoms with van der Waals surface area (Å²) < 4.78 is 124. The van der Waals surface area contributed by atoms with Crippen LogP contribution in [0.2, 0.25) is 0 Å². The highest BCUT2D eigenvalue weighted by Crippen LogP contribution is 2.46. The number of benzene rings is 1. The van der Waals surface area contributed by atoms with Crippen LogP contribution < -0.4 is 15.4 Å². The first-order chi connectivity index (χ1) is 26.7. The summed E-state index contributed by atoms with van der Waals surface area (Å²) in [6.07, 6.45) is -9.28. The average Bonchev–Trinajstić information content (AvgIpc) is 3.65. The Labute approximate surface area is 322 Å². The van der Waals surface area contributed by atoms with Crippen LogP contribution in [0, 0.1) is 23.5 Å². The van der Waals surface area contributed by atoms with E-state index in [0.29, 0.717) is 32.1 Å². The van der Waals surface area contributed by atoms with Gasteiger partial charge in [-0.15, -0.1) is 0 Å². The average molecular weight is 825 g/mol. The number of aliphatic hydroxyl groups is 1. The van der Waals surface area contributed by atoms with Crippen LogP contribution in [0.15, 0.2) is 34.2 Å². The lowest BCUT2D eigenvalue weighted by Crippen LogP contribution is -2.62. The number of aromatic carboxylic acids is 1. The number of rotatable bonds is 13. The highest BCUT2D eigenvalue weighted by molar-refractivity contribution is 6.19. The minimum atomic E-state index is -4.91. The number of methoxy groups -OCH3 is 1. The number of carbonyl (C=O) groups is 3. The Morgan fingerprint density at radius 1 is 1.09 bits per heavy atom. The maximum atomic E-state index is 15.8. The van der Waals surface area contributed by atoms with E-state index in [2.05, 4.69) is 15.6 Å². The highest BCUT2D eigenvalue weighted by atomic mass is 19.4. The number of nitrogens with one attached hydrogen (secondary N) is 2. The summed E-state index contributed by atoms with van der Waals surface area (Å²) in [4.78, 5) is 45.6. The van der Waals surface area contributed by atoms with Gasteiger partial charge in [0.05, 0.1) is 24.6 Å². The van der Waals surface area contributed by atoms with Crippen molar-refractivity contribution in [2.45, 2.75) is 75.4 Å². The van der Waals surface area contributed by atoms with E-state index in [1.807, 2.05) is 0 Å². The number of ether oxygens (including phenoxy) is 2. The molecule has 13 nitrogen and oxygen atoms in total. The Kier molecular flexibility index (Phi) is 13.1. The molecular formula is C36H44F8N6O7. The Morgan fingerprint density at radius 2 is 1.75 bits per heavy atom. The summed E-state index contributed by atoms with van der Waals surface area (Å²) in [6, 6.07) is -0.460. The van der Waals surface area contributed by atoms with Crippen molar-refractivity contribution in [1.29, 1.82) is 0 Å². The van der Waals surface area contributed by atoms with Gasteiger partial charge < -0.3 is 35.2 Å². The third-order valence-electron chi connectivity index (χ3n) is 11.1. The molecule has 2 heterocycles. The molecule has 2 fully saturated rings. The fourth-order valence-corrected chi connectivity index (χ4v) is 7.88. The Balaban J connectivity index is 1.46. The van der Waals surface area contributed by atoms with Gasteiger partial charge in [0.2, 0.25) is 5.82 Å². The van der Waals surface area contributed by atoms with Gasteiger partial charge in [0.1, 0.15) is 35.9 Å². The van der Waals surface area contributed by atoms with Crippen molar-refractivity contribution in [1.82, 2.24) is 25.6 Å². The number of aliphatic imine (C=N–C) groups is 1. The van der Waals surface area contributed by atoms with E-state index in [1.165, 1.54) is 19.2 Å². The number of hydrazine groups is 1. The van der Waals surface area contributed by atoms with Crippen LogP contribution in [0.25, 0.3) is 0 Å². The molecule has 0 aromatic heterocycles. The summed E-state index contributed by atoms with van der Waals surface area (Å²) in [7, 11) is 4.57. The summed E-state index contributed by atoms with van der Waals surface area (Å²) in [6.45, 7) is -0.614. The van der Waals surface area contributed by atoms with E-state index in [4.69, 9.17) is 9.47 Å². The van der Waals surface area contributed by atoms with E-state index < -0.39 is 125 Å². The number of halogens is 8. The molecule has 0 radical (unpaired) electrons. The van der Waals surface area contributed by atoms with Crippen molar-refractivity contribution in [2.75, 3.05) is 54.2 Å². The summed E-state index contributed by atoms with van der Waals surface area (Å²) >= 11 is 0. The largest absolute Gasteiger partial charge is 0.509 e. The summed E-state index contributed by atoms with van der Waals surface area (Å²) in [5, 5.41) is 28.7. The van der Waals surface area contributed by atoms with Crippen LogP contribution in [0.4, 0.5) is 35.1 Å². The maximum absolute atomic E-state index is 15.8. The molecule has 4 N–H and O–H groups in total. The Hall–Kier alpha value is -4.50. The molecule has 21 heteroatoms. The number of hydrogen-bond donors (Lipinski definition) is 4. The zero-order chi connectivity index (χ0) is 42.0. The third-order valence-corrected chi connectivity index (χ3v) is 11.1. The van der Waals surface area contributed by atoms with Gasteiger partial charge in [0.25, 0.3) is 11.8 Å². The maximum Gasteiger partial charge on any atom is 0.433 e. The van der Waals surface area contributed by atoms with Gasteiger partial charge in [-0.1, -0.05) is 12.8 Å². The molecule has 2 aliphatic carbocycles. The normalized spacial score (nSPS) is 23.1. The van der Waals surface area contributed by atoms with Crippen molar-refractivity contribution in [2.24, 2.45) is 16.8 Å². The molecule has 5 rings (SSSR count). The van der Waals surface area contributed by atoms with Crippen molar-refractivity contribution in [3.63, 3.8) is 0 Å². The molecule has 1 aromatic rings. The smallest absolute Gasteiger partial charge is 0.433 e. The summed E-state index contributed by atoms with van der Waals surface area (Å²) in [5.41, 5.74) is -5.25. The van der Waals surface area contributed by atoms with Crippen LogP contribution >= 0.6 is 0 Å². The monoisotopic (exact) mass is 824 g/mol. The number of aliphatic hydroxyl groups excluding tert-OH is 1. The molecule has 0 bridgehead atoms. The Morgan fingerprint density at radius 3 is 2.37 bits per heavy atom. The quantitative estimate of drug-likeness (QED) is 0.160. The molecule has 0 saturated heterocycles. The minimum absolute atomic E-state index is 0.175. The second-order valence-electron chi connectivity index (χ2n) is 14.6. The molecule has 1 aromatic carbocycles. The van der Waals surface area contributed by atoms with E-state index in [9.17, 15) is 50.9 Å². The number of carboxylic acids is 1. The number of hydrogen-bond acceptors (Lipinski definition) is 10. The molecule has 2 aliphatic heterocycles. The van der Waals surface area contributed by atoms with Gasteiger partial charge >= 0.3 is 18.3 Å². The van der Waals surface area contributed by atoms with E-state index >= 15 is 8.78 Å². The first-order valence-electron chi connectivity index (χ1n) is 18.2. The van der Waals surface area contributed by atoms with Gasteiger partial charge in [-0.3, -0.25) is 19.6 Å². The molecular weight excluding hydrogens is 780 g/mol.